The van der Waals surface area contributed by atoms with Crippen molar-refractivity contribution in [2.45, 2.75) is 13.0 Å². The van der Waals surface area contributed by atoms with Gasteiger partial charge in [0.15, 0.2) is 5.11 Å². The molecule has 2 aliphatic rings. The third-order valence-electron chi connectivity index (χ3n) is 4.22. The summed E-state index contributed by atoms with van der Waals surface area (Å²) in [6.45, 7) is 10.3. The molecule has 0 saturated carbocycles. The molecule has 0 radical (unpaired) electrons. The SMILES string of the molecule is C=CCNC(=S)N1CCN(Cc2ccc3c(c2)CCO3)CC1. The molecule has 4 nitrogen and oxygen atoms in total. The molecule has 0 aromatic heterocycles. The van der Waals surface area contributed by atoms with Crippen molar-refractivity contribution in [1.82, 2.24) is 15.1 Å². The second-order valence-corrected chi connectivity index (χ2v) is 6.17. The van der Waals surface area contributed by atoms with Crippen molar-refractivity contribution < 1.29 is 4.74 Å². The summed E-state index contributed by atoms with van der Waals surface area (Å²) in [6.07, 6.45) is 2.88. The molecule has 3 rings (SSSR count). The van der Waals surface area contributed by atoms with Crippen LogP contribution in [0.5, 0.6) is 5.75 Å². The van der Waals surface area contributed by atoms with E-state index < -0.39 is 0 Å². The molecular weight excluding hydrogens is 294 g/mol. The summed E-state index contributed by atoms with van der Waals surface area (Å²) in [5.74, 6) is 1.06. The molecule has 1 N–H and O–H groups in total. The van der Waals surface area contributed by atoms with Gasteiger partial charge in [-0.3, -0.25) is 4.90 Å². The number of piperazine rings is 1. The van der Waals surface area contributed by atoms with Crippen molar-refractivity contribution in [2.24, 2.45) is 0 Å². The summed E-state index contributed by atoms with van der Waals surface area (Å²) in [7, 11) is 0. The van der Waals surface area contributed by atoms with Gasteiger partial charge in [-0.05, 0) is 29.4 Å². The number of fused-ring (bicyclic) bond motifs is 1. The van der Waals surface area contributed by atoms with Crippen LogP contribution >= 0.6 is 12.2 Å². The van der Waals surface area contributed by atoms with E-state index in [-0.39, 0.29) is 0 Å². The Hall–Kier alpha value is -1.59. The van der Waals surface area contributed by atoms with Crippen molar-refractivity contribution in [3.05, 3.63) is 42.0 Å². The Balaban J connectivity index is 1.49. The third-order valence-corrected chi connectivity index (χ3v) is 4.62. The van der Waals surface area contributed by atoms with Crippen LogP contribution in [0.4, 0.5) is 0 Å². The molecule has 5 heteroatoms. The van der Waals surface area contributed by atoms with Crippen molar-refractivity contribution in [3.63, 3.8) is 0 Å². The summed E-state index contributed by atoms with van der Waals surface area (Å²) in [5, 5.41) is 4.04. The molecule has 0 spiro atoms. The Morgan fingerprint density at radius 3 is 2.91 bits per heavy atom. The first-order valence-electron chi connectivity index (χ1n) is 7.87. The monoisotopic (exact) mass is 317 g/mol. The zero-order valence-corrected chi connectivity index (χ0v) is 13.7. The molecule has 118 valence electrons. The summed E-state index contributed by atoms with van der Waals surface area (Å²) >= 11 is 5.40. The van der Waals surface area contributed by atoms with Crippen molar-refractivity contribution in [2.75, 3.05) is 39.3 Å². The van der Waals surface area contributed by atoms with E-state index in [4.69, 9.17) is 17.0 Å². The number of ether oxygens (including phenoxy) is 1. The predicted molar refractivity (Wildman–Crippen MR) is 93.3 cm³/mol. The Morgan fingerprint density at radius 1 is 1.32 bits per heavy atom. The molecule has 1 aromatic rings. The van der Waals surface area contributed by atoms with E-state index in [2.05, 4.69) is 39.9 Å². The molecule has 2 aliphatic heterocycles. The average molecular weight is 317 g/mol. The summed E-state index contributed by atoms with van der Waals surface area (Å²) < 4.78 is 5.57. The number of rotatable bonds is 4. The van der Waals surface area contributed by atoms with Crippen LogP contribution in [0.15, 0.2) is 30.9 Å². The molecule has 0 atom stereocenters. The molecule has 1 saturated heterocycles. The molecule has 0 amide bonds. The lowest BCUT2D eigenvalue weighted by molar-refractivity contribution is 0.174. The normalized spacial score (nSPS) is 17.7. The fraction of sp³-hybridized carbons (Fsp3) is 0.471. The molecule has 0 unspecified atom stereocenters. The van der Waals surface area contributed by atoms with Crippen LogP contribution in [-0.4, -0.2) is 54.2 Å². The molecule has 0 bridgehead atoms. The highest BCUT2D eigenvalue weighted by molar-refractivity contribution is 7.80. The second-order valence-electron chi connectivity index (χ2n) is 5.78. The predicted octanol–water partition coefficient (Wildman–Crippen LogP) is 1.80. The van der Waals surface area contributed by atoms with Gasteiger partial charge >= 0.3 is 0 Å². The number of benzene rings is 1. The molecule has 22 heavy (non-hydrogen) atoms. The zero-order chi connectivity index (χ0) is 15.4. The zero-order valence-electron chi connectivity index (χ0n) is 12.9. The number of thiocarbonyl (C=S) groups is 1. The number of nitrogens with zero attached hydrogens (tertiary/aromatic N) is 2. The molecule has 1 fully saturated rings. The van der Waals surface area contributed by atoms with Crippen molar-refractivity contribution in [3.8, 4) is 5.75 Å². The lowest BCUT2D eigenvalue weighted by atomic mass is 10.1. The molecule has 0 aliphatic carbocycles. The van der Waals surface area contributed by atoms with Gasteiger partial charge in [0.1, 0.15) is 5.75 Å². The smallest absolute Gasteiger partial charge is 0.169 e. The van der Waals surface area contributed by atoms with Crippen LogP contribution in [0, 0.1) is 0 Å². The Labute approximate surface area is 137 Å². The van der Waals surface area contributed by atoms with E-state index in [9.17, 15) is 0 Å². The highest BCUT2D eigenvalue weighted by Gasteiger charge is 2.19. The van der Waals surface area contributed by atoms with Crippen LogP contribution in [0.3, 0.4) is 0 Å². The lowest BCUT2D eigenvalue weighted by Crippen LogP contribution is -2.51. The molecular formula is C17H23N3OS. The van der Waals surface area contributed by atoms with Crippen molar-refractivity contribution >= 4 is 17.3 Å². The first-order chi connectivity index (χ1) is 10.8. The van der Waals surface area contributed by atoms with Gasteiger partial charge in [0, 0.05) is 45.7 Å². The maximum Gasteiger partial charge on any atom is 0.169 e. The van der Waals surface area contributed by atoms with E-state index >= 15 is 0 Å². The van der Waals surface area contributed by atoms with Gasteiger partial charge in [0.25, 0.3) is 0 Å². The quantitative estimate of drug-likeness (QED) is 0.675. The van der Waals surface area contributed by atoms with Crippen LogP contribution < -0.4 is 10.1 Å². The summed E-state index contributed by atoms with van der Waals surface area (Å²) in [5.41, 5.74) is 2.73. The fourth-order valence-corrected chi connectivity index (χ4v) is 3.24. The second kappa shape index (κ2) is 7.11. The number of hydrogen-bond acceptors (Lipinski definition) is 3. The van der Waals surface area contributed by atoms with Gasteiger partial charge in [-0.15, -0.1) is 6.58 Å². The Kier molecular flexibility index (Phi) is 4.95. The minimum Gasteiger partial charge on any atom is -0.493 e. The van der Waals surface area contributed by atoms with Gasteiger partial charge in [0.05, 0.1) is 6.61 Å². The molecule has 1 aromatic carbocycles. The minimum absolute atomic E-state index is 0.732. The van der Waals surface area contributed by atoms with Gasteiger partial charge in [-0.25, -0.2) is 0 Å². The lowest BCUT2D eigenvalue weighted by Gasteiger charge is -2.36. The van der Waals surface area contributed by atoms with E-state index in [1.165, 1.54) is 11.1 Å². The van der Waals surface area contributed by atoms with Crippen LogP contribution in [0.25, 0.3) is 0 Å². The van der Waals surface area contributed by atoms with Gasteiger partial charge in [-0.2, -0.15) is 0 Å². The van der Waals surface area contributed by atoms with Crippen LogP contribution in [-0.2, 0) is 13.0 Å². The number of nitrogens with one attached hydrogen (secondary N) is 1. The van der Waals surface area contributed by atoms with Crippen LogP contribution in [0.2, 0.25) is 0 Å². The maximum atomic E-state index is 5.57. The molecule has 2 heterocycles. The van der Waals surface area contributed by atoms with Gasteiger partial charge in [0.2, 0.25) is 0 Å². The first kappa shape index (κ1) is 15.3. The van der Waals surface area contributed by atoms with Gasteiger partial charge in [-0.1, -0.05) is 18.2 Å². The standard InChI is InChI=1S/C17H23N3OS/c1-2-6-18-17(22)20-9-7-19(8-10-20)13-14-3-4-16-15(12-14)5-11-21-16/h2-4,12H,1,5-11,13H2,(H,18,22). The number of hydrogen-bond donors (Lipinski definition) is 1. The van der Waals surface area contributed by atoms with E-state index in [0.29, 0.717) is 0 Å². The Bertz CT molecular complexity index is 553. The van der Waals surface area contributed by atoms with E-state index in [1.807, 2.05) is 6.08 Å². The van der Waals surface area contributed by atoms with E-state index in [0.717, 1.165) is 63.2 Å². The minimum atomic E-state index is 0.732. The Morgan fingerprint density at radius 2 is 2.14 bits per heavy atom. The summed E-state index contributed by atoms with van der Waals surface area (Å²) in [6, 6.07) is 6.60. The van der Waals surface area contributed by atoms with E-state index in [1.54, 1.807) is 0 Å². The highest BCUT2D eigenvalue weighted by atomic mass is 32.1. The fourth-order valence-electron chi connectivity index (χ4n) is 2.98. The van der Waals surface area contributed by atoms with Crippen LogP contribution in [0.1, 0.15) is 11.1 Å². The first-order valence-corrected chi connectivity index (χ1v) is 8.28. The topological polar surface area (TPSA) is 27.7 Å². The van der Waals surface area contributed by atoms with Crippen molar-refractivity contribution in [1.29, 1.82) is 0 Å². The third kappa shape index (κ3) is 3.59. The highest BCUT2D eigenvalue weighted by Crippen LogP contribution is 2.26. The average Bonchev–Trinajstić information content (AvgIpc) is 3.01. The van der Waals surface area contributed by atoms with Gasteiger partial charge < -0.3 is 15.0 Å². The summed E-state index contributed by atoms with van der Waals surface area (Å²) in [4.78, 5) is 4.73. The largest absolute Gasteiger partial charge is 0.493 e. The maximum absolute atomic E-state index is 5.57.